The molecular formula is C25H32N6O4. The number of carbonyl (C=O) groups is 3. The molecule has 5 rings (SSSR count). The molecule has 3 N–H and O–H groups in total. The van der Waals surface area contributed by atoms with E-state index in [4.69, 9.17) is 4.74 Å². The second-order valence-corrected chi connectivity index (χ2v) is 10.1. The first-order valence-electron chi connectivity index (χ1n) is 12.4. The van der Waals surface area contributed by atoms with Crippen molar-refractivity contribution in [3.05, 3.63) is 35.8 Å². The van der Waals surface area contributed by atoms with E-state index in [1.165, 1.54) is 0 Å². The fraction of sp³-hybridized carbons (Fsp3) is 0.560. The van der Waals surface area contributed by atoms with Crippen molar-refractivity contribution < 1.29 is 19.1 Å². The SMILES string of the molecule is CC1CCC([C@H](NC(=O)c2ccn(C)n2)C(=O)Nc2cc3c(cn2)C2(CCOCC2)C(=O)N3)CC1. The molecule has 186 valence electrons. The molecule has 1 spiro atoms. The van der Waals surface area contributed by atoms with Gasteiger partial charge >= 0.3 is 0 Å². The molecule has 0 unspecified atom stereocenters. The Morgan fingerprint density at radius 2 is 1.97 bits per heavy atom. The Kier molecular flexibility index (Phi) is 6.31. The summed E-state index contributed by atoms with van der Waals surface area (Å²) in [6.45, 7) is 3.28. The van der Waals surface area contributed by atoms with Gasteiger partial charge in [-0.1, -0.05) is 19.8 Å². The minimum Gasteiger partial charge on any atom is -0.381 e. The van der Waals surface area contributed by atoms with Gasteiger partial charge in [-0.05, 0) is 43.6 Å². The third-order valence-electron chi connectivity index (χ3n) is 7.75. The lowest BCUT2D eigenvalue weighted by Gasteiger charge is -2.32. The summed E-state index contributed by atoms with van der Waals surface area (Å²) in [7, 11) is 1.74. The van der Waals surface area contributed by atoms with Crippen LogP contribution in [0, 0.1) is 11.8 Å². The second-order valence-electron chi connectivity index (χ2n) is 10.1. The lowest BCUT2D eigenvalue weighted by Crippen LogP contribution is -2.49. The largest absolute Gasteiger partial charge is 0.381 e. The molecule has 10 nitrogen and oxygen atoms in total. The van der Waals surface area contributed by atoms with Crippen LogP contribution in [0.3, 0.4) is 0 Å². The molecule has 2 fully saturated rings. The summed E-state index contributed by atoms with van der Waals surface area (Å²) < 4.78 is 7.01. The fourth-order valence-corrected chi connectivity index (χ4v) is 5.56. The van der Waals surface area contributed by atoms with E-state index in [0.717, 1.165) is 31.2 Å². The lowest BCUT2D eigenvalue weighted by molar-refractivity contribution is -0.124. The zero-order valence-electron chi connectivity index (χ0n) is 20.2. The van der Waals surface area contributed by atoms with Crippen LogP contribution in [0.25, 0.3) is 0 Å². The Bertz CT molecular complexity index is 1130. The third kappa shape index (κ3) is 4.54. The highest BCUT2D eigenvalue weighted by Gasteiger charge is 2.48. The number of carbonyl (C=O) groups excluding carboxylic acids is 3. The summed E-state index contributed by atoms with van der Waals surface area (Å²) >= 11 is 0. The van der Waals surface area contributed by atoms with Crippen molar-refractivity contribution in [2.24, 2.45) is 18.9 Å². The molecule has 2 aromatic rings. The van der Waals surface area contributed by atoms with Crippen LogP contribution in [0.5, 0.6) is 0 Å². The maximum absolute atomic E-state index is 13.4. The standard InChI is InChI=1S/C25H32N6O4/c1-15-3-5-16(6-4-15)21(29-22(32)18-7-10-31(2)30-18)23(33)28-20-13-19-17(14-26-20)25(24(34)27-19)8-11-35-12-9-25/h7,10,13-16,21H,3-6,8-9,11-12H2,1-2H3,(H,27,34)(H,29,32)(H,26,28,33)/t15?,16?,21-/m0/s1. The number of aryl methyl sites for hydroxylation is 1. The van der Waals surface area contributed by atoms with Crippen molar-refractivity contribution in [3.63, 3.8) is 0 Å². The Morgan fingerprint density at radius 3 is 2.66 bits per heavy atom. The highest BCUT2D eigenvalue weighted by molar-refractivity contribution is 6.07. The minimum absolute atomic E-state index is 0.0264. The average molecular weight is 481 g/mol. The van der Waals surface area contributed by atoms with Crippen molar-refractivity contribution in [3.8, 4) is 0 Å². The van der Waals surface area contributed by atoms with E-state index >= 15 is 0 Å². The number of rotatable bonds is 5. The number of fused-ring (bicyclic) bond motifs is 2. The average Bonchev–Trinajstić information content (AvgIpc) is 3.39. The van der Waals surface area contributed by atoms with E-state index in [9.17, 15) is 14.4 Å². The molecule has 2 aliphatic heterocycles. The molecule has 3 aliphatic rings. The van der Waals surface area contributed by atoms with Crippen LogP contribution < -0.4 is 16.0 Å². The molecule has 1 saturated carbocycles. The highest BCUT2D eigenvalue weighted by atomic mass is 16.5. The number of hydrogen-bond donors (Lipinski definition) is 3. The Balaban J connectivity index is 1.34. The first-order chi connectivity index (χ1) is 16.9. The Hall–Kier alpha value is -3.27. The van der Waals surface area contributed by atoms with Crippen LogP contribution in [0.1, 0.15) is 61.5 Å². The van der Waals surface area contributed by atoms with E-state index in [-0.39, 0.29) is 29.3 Å². The molecular weight excluding hydrogens is 448 g/mol. The molecule has 1 aliphatic carbocycles. The Labute approximate surface area is 204 Å². The number of amides is 3. The zero-order chi connectivity index (χ0) is 24.6. The van der Waals surface area contributed by atoms with E-state index in [1.807, 2.05) is 0 Å². The lowest BCUT2D eigenvalue weighted by atomic mass is 9.76. The monoisotopic (exact) mass is 480 g/mol. The van der Waals surface area contributed by atoms with Gasteiger partial charge in [0.15, 0.2) is 0 Å². The molecule has 1 saturated heterocycles. The summed E-state index contributed by atoms with van der Waals surface area (Å²) in [6.07, 6.45) is 8.35. The van der Waals surface area contributed by atoms with Gasteiger partial charge in [0.1, 0.15) is 17.6 Å². The maximum atomic E-state index is 13.4. The summed E-state index contributed by atoms with van der Waals surface area (Å²) in [5.41, 5.74) is 1.18. The van der Waals surface area contributed by atoms with Crippen molar-refractivity contribution in [2.75, 3.05) is 23.8 Å². The maximum Gasteiger partial charge on any atom is 0.272 e. The van der Waals surface area contributed by atoms with Gasteiger partial charge in [0, 0.05) is 44.3 Å². The van der Waals surface area contributed by atoms with Gasteiger partial charge in [-0.3, -0.25) is 19.1 Å². The van der Waals surface area contributed by atoms with E-state index in [0.29, 0.717) is 43.5 Å². The summed E-state index contributed by atoms with van der Waals surface area (Å²) in [6, 6.07) is 2.63. The van der Waals surface area contributed by atoms with Crippen molar-refractivity contribution >= 4 is 29.2 Å². The highest BCUT2D eigenvalue weighted by Crippen LogP contribution is 2.44. The fourth-order valence-electron chi connectivity index (χ4n) is 5.56. The van der Waals surface area contributed by atoms with Gasteiger partial charge in [-0.15, -0.1) is 0 Å². The van der Waals surface area contributed by atoms with Crippen LogP contribution in [0.15, 0.2) is 24.5 Å². The number of anilines is 2. The predicted octanol–water partition coefficient (Wildman–Crippen LogP) is 2.38. The van der Waals surface area contributed by atoms with Gasteiger partial charge in [-0.2, -0.15) is 5.10 Å². The van der Waals surface area contributed by atoms with Crippen molar-refractivity contribution in [1.29, 1.82) is 0 Å². The molecule has 0 radical (unpaired) electrons. The van der Waals surface area contributed by atoms with Crippen LogP contribution >= 0.6 is 0 Å². The van der Waals surface area contributed by atoms with Crippen LogP contribution in [-0.2, 0) is 26.8 Å². The second kappa shape index (κ2) is 9.41. The Morgan fingerprint density at radius 1 is 1.23 bits per heavy atom. The normalized spacial score (nSPS) is 23.9. The van der Waals surface area contributed by atoms with Gasteiger partial charge in [-0.25, -0.2) is 4.98 Å². The number of hydrogen-bond acceptors (Lipinski definition) is 6. The van der Waals surface area contributed by atoms with Gasteiger partial charge in [0.2, 0.25) is 11.8 Å². The van der Waals surface area contributed by atoms with Gasteiger partial charge < -0.3 is 20.7 Å². The van der Waals surface area contributed by atoms with E-state index in [2.05, 4.69) is 33.0 Å². The summed E-state index contributed by atoms with van der Waals surface area (Å²) in [5.74, 6) is 0.253. The number of ether oxygens (including phenoxy) is 1. The molecule has 10 heteroatoms. The smallest absolute Gasteiger partial charge is 0.272 e. The number of aromatic nitrogens is 3. The molecule has 35 heavy (non-hydrogen) atoms. The topological polar surface area (TPSA) is 127 Å². The van der Waals surface area contributed by atoms with Crippen LogP contribution in [0.4, 0.5) is 11.5 Å². The molecule has 0 aromatic carbocycles. The van der Waals surface area contributed by atoms with Gasteiger partial charge in [0.25, 0.3) is 5.91 Å². The summed E-state index contributed by atoms with van der Waals surface area (Å²) in [4.78, 5) is 43.5. The quantitative estimate of drug-likeness (QED) is 0.603. The molecule has 4 heterocycles. The first kappa shape index (κ1) is 23.5. The van der Waals surface area contributed by atoms with Crippen LogP contribution in [0.2, 0.25) is 0 Å². The van der Waals surface area contributed by atoms with Crippen molar-refractivity contribution in [1.82, 2.24) is 20.1 Å². The number of pyridine rings is 1. The summed E-state index contributed by atoms with van der Waals surface area (Å²) in [5, 5.41) is 12.9. The first-order valence-corrected chi connectivity index (χ1v) is 12.4. The van der Waals surface area contributed by atoms with Crippen molar-refractivity contribution in [2.45, 2.75) is 56.9 Å². The van der Waals surface area contributed by atoms with Gasteiger partial charge in [0.05, 0.1) is 11.1 Å². The number of nitrogens with one attached hydrogen (secondary N) is 3. The van der Waals surface area contributed by atoms with Crippen LogP contribution in [-0.4, -0.2) is 51.7 Å². The zero-order valence-corrected chi connectivity index (χ0v) is 20.2. The third-order valence-corrected chi connectivity index (χ3v) is 7.75. The molecule has 0 bridgehead atoms. The molecule has 3 amide bonds. The van der Waals surface area contributed by atoms with E-state index in [1.54, 1.807) is 36.3 Å². The minimum atomic E-state index is -0.705. The molecule has 1 atom stereocenters. The number of nitrogens with zero attached hydrogens (tertiary/aromatic N) is 3. The predicted molar refractivity (Wildman–Crippen MR) is 129 cm³/mol. The molecule has 2 aromatic heterocycles. The van der Waals surface area contributed by atoms with E-state index < -0.39 is 11.5 Å².